The Labute approximate surface area is 293 Å². The summed E-state index contributed by atoms with van der Waals surface area (Å²) < 4.78 is 0. The molecule has 0 atom stereocenters. The molecule has 0 spiro atoms. The highest BCUT2D eigenvalue weighted by Gasteiger charge is 2.26. The summed E-state index contributed by atoms with van der Waals surface area (Å²) in [4.78, 5) is 0. The molecule has 0 fully saturated rings. The zero-order chi connectivity index (χ0) is 33.4. The van der Waals surface area contributed by atoms with Crippen molar-refractivity contribution in [1.29, 1.82) is 0 Å². The maximum atomic E-state index is 3.57. The SMILES string of the molecule is Cc1ccccc1-c1c2cc3c(cc2c(C2=C=C=CC=C2)c2c4cccc5c6ccccc6cc(c12)c54)c1cc2ccccc2c2cccc3c21. The third kappa shape index (κ3) is 3.45. The molecular weight excluding hydrogens is 613 g/mol. The van der Waals surface area contributed by atoms with E-state index < -0.39 is 0 Å². The Morgan fingerprint density at radius 3 is 1.65 bits per heavy atom. The lowest BCUT2D eigenvalue weighted by Gasteiger charge is -2.18. The molecule has 11 aromatic carbocycles. The third-order valence-corrected chi connectivity index (χ3v) is 11.7. The number of allylic oxidation sites excluding steroid dienone is 4. The lowest BCUT2D eigenvalue weighted by molar-refractivity contribution is 1.48. The van der Waals surface area contributed by atoms with E-state index in [1.807, 2.05) is 6.08 Å². The number of fused-ring (bicyclic) bond motifs is 11. The summed E-state index contributed by atoms with van der Waals surface area (Å²) >= 11 is 0. The largest absolute Gasteiger partial charge is 0.0696 e. The summed E-state index contributed by atoms with van der Waals surface area (Å²) in [5, 5.41) is 23.5. The molecule has 0 aromatic heterocycles. The molecule has 232 valence electrons. The van der Waals surface area contributed by atoms with Crippen molar-refractivity contribution in [2.45, 2.75) is 6.92 Å². The summed E-state index contributed by atoms with van der Waals surface area (Å²) in [6, 6.07) is 50.3. The highest BCUT2D eigenvalue weighted by molar-refractivity contribution is 6.43. The summed E-state index contributed by atoms with van der Waals surface area (Å²) in [5.41, 5.74) is 13.1. The predicted molar refractivity (Wildman–Crippen MR) is 221 cm³/mol. The molecule has 0 saturated carbocycles. The predicted octanol–water partition coefficient (Wildman–Crippen LogP) is 14.2. The summed E-state index contributed by atoms with van der Waals surface area (Å²) in [5.74, 6) is 0. The minimum Gasteiger partial charge on any atom is -0.0696 e. The quantitative estimate of drug-likeness (QED) is 0.130. The smallest absolute Gasteiger partial charge is 0.0334 e. The Morgan fingerprint density at radius 1 is 0.392 bits per heavy atom. The second-order valence-corrected chi connectivity index (χ2v) is 14.2. The molecule has 1 aliphatic rings. The average Bonchev–Trinajstić information content (AvgIpc) is 3.67. The van der Waals surface area contributed by atoms with Crippen LogP contribution in [-0.2, 0) is 0 Å². The van der Waals surface area contributed by atoms with Gasteiger partial charge in [0.05, 0.1) is 0 Å². The van der Waals surface area contributed by atoms with Crippen LogP contribution in [0, 0.1) is 6.92 Å². The van der Waals surface area contributed by atoms with E-state index in [0.29, 0.717) is 0 Å². The van der Waals surface area contributed by atoms with Crippen LogP contribution < -0.4 is 0 Å². The Balaban J connectivity index is 1.42. The highest BCUT2D eigenvalue weighted by atomic mass is 14.3. The van der Waals surface area contributed by atoms with E-state index in [4.69, 9.17) is 0 Å². The lowest BCUT2D eigenvalue weighted by Crippen LogP contribution is -1.93. The highest BCUT2D eigenvalue weighted by Crippen LogP contribution is 2.53. The summed E-state index contributed by atoms with van der Waals surface area (Å²) in [6.45, 7) is 2.26. The Hall–Kier alpha value is -6.68. The lowest BCUT2D eigenvalue weighted by atomic mass is 9.84. The third-order valence-electron chi connectivity index (χ3n) is 11.7. The van der Waals surface area contributed by atoms with Crippen LogP contribution in [0.3, 0.4) is 0 Å². The van der Waals surface area contributed by atoms with Crippen molar-refractivity contribution in [3.05, 3.63) is 174 Å². The van der Waals surface area contributed by atoms with Gasteiger partial charge < -0.3 is 0 Å². The van der Waals surface area contributed by atoms with E-state index in [0.717, 1.165) is 5.57 Å². The molecule has 0 aliphatic heterocycles. The first-order valence-corrected chi connectivity index (χ1v) is 17.8. The minimum absolute atomic E-state index is 1.07. The second-order valence-electron chi connectivity index (χ2n) is 14.2. The van der Waals surface area contributed by atoms with Crippen LogP contribution in [0.4, 0.5) is 0 Å². The first-order chi connectivity index (χ1) is 25.2. The zero-order valence-corrected chi connectivity index (χ0v) is 27.9. The van der Waals surface area contributed by atoms with Gasteiger partial charge in [-0.2, -0.15) is 0 Å². The molecule has 12 rings (SSSR count). The van der Waals surface area contributed by atoms with Gasteiger partial charge in [0.25, 0.3) is 0 Å². The molecule has 51 heavy (non-hydrogen) atoms. The van der Waals surface area contributed by atoms with Crippen molar-refractivity contribution in [1.82, 2.24) is 0 Å². The standard InChI is InChI=1S/C51H28/c1-29-13-5-8-18-33(29)49-44-27-40-38-23-11-21-36-34-19-9-6-16-31(34)25-42(47(36)38)41(40)28-43(44)46(30-14-3-2-4-15-30)50-39-24-12-22-37-35-20-10-7-17-32(35)26-45(48(37)39)51(49)50/h2-3,5-14,16-28H,1H3. The van der Waals surface area contributed by atoms with Crippen LogP contribution in [0.25, 0.3) is 114 Å². The maximum absolute atomic E-state index is 3.57. The number of rotatable bonds is 2. The first-order valence-electron chi connectivity index (χ1n) is 17.8. The van der Waals surface area contributed by atoms with Gasteiger partial charge in [-0.25, -0.2) is 0 Å². The van der Waals surface area contributed by atoms with E-state index in [1.54, 1.807) is 0 Å². The van der Waals surface area contributed by atoms with Crippen LogP contribution in [0.15, 0.2) is 163 Å². The van der Waals surface area contributed by atoms with Gasteiger partial charge in [-0.1, -0.05) is 127 Å². The van der Waals surface area contributed by atoms with Crippen LogP contribution in [0.5, 0.6) is 0 Å². The zero-order valence-electron chi connectivity index (χ0n) is 27.9. The number of hydrogen-bond donors (Lipinski definition) is 0. The fraction of sp³-hybridized carbons (Fsp3) is 0.0196. The van der Waals surface area contributed by atoms with Gasteiger partial charge in [0.2, 0.25) is 0 Å². The molecule has 0 nitrogen and oxygen atoms in total. The van der Waals surface area contributed by atoms with Gasteiger partial charge in [-0.3, -0.25) is 0 Å². The molecule has 0 heterocycles. The maximum Gasteiger partial charge on any atom is 0.0334 e. The van der Waals surface area contributed by atoms with E-state index in [-0.39, 0.29) is 0 Å². The minimum atomic E-state index is 1.07. The summed E-state index contributed by atoms with van der Waals surface area (Å²) in [7, 11) is 0. The molecule has 0 radical (unpaired) electrons. The number of aryl methyl sites for hydroxylation is 1. The van der Waals surface area contributed by atoms with Gasteiger partial charge in [0.15, 0.2) is 0 Å². The van der Waals surface area contributed by atoms with Crippen molar-refractivity contribution in [3.63, 3.8) is 0 Å². The fourth-order valence-electron chi connectivity index (χ4n) is 9.60. The monoisotopic (exact) mass is 640 g/mol. The van der Waals surface area contributed by atoms with Crippen molar-refractivity contribution < 1.29 is 0 Å². The van der Waals surface area contributed by atoms with Crippen LogP contribution in [0.1, 0.15) is 11.1 Å². The van der Waals surface area contributed by atoms with Gasteiger partial charge >= 0.3 is 0 Å². The van der Waals surface area contributed by atoms with Crippen molar-refractivity contribution in [2.24, 2.45) is 0 Å². The fourth-order valence-corrected chi connectivity index (χ4v) is 9.60. The Morgan fingerprint density at radius 2 is 0.941 bits per heavy atom. The Kier molecular flexibility index (Phi) is 5.18. The molecule has 1 aliphatic carbocycles. The van der Waals surface area contributed by atoms with E-state index in [1.165, 1.54) is 119 Å². The van der Waals surface area contributed by atoms with Crippen molar-refractivity contribution in [3.8, 4) is 11.1 Å². The van der Waals surface area contributed by atoms with Gasteiger partial charge in [-0.05, 0) is 157 Å². The molecule has 0 unspecified atom stereocenters. The number of benzene rings is 9. The first kappa shape index (κ1) is 27.2. The van der Waals surface area contributed by atoms with Crippen LogP contribution in [0.2, 0.25) is 0 Å². The molecule has 11 aromatic rings. The van der Waals surface area contributed by atoms with Crippen molar-refractivity contribution in [2.75, 3.05) is 0 Å². The molecule has 0 saturated heterocycles. The van der Waals surface area contributed by atoms with Crippen LogP contribution >= 0.6 is 0 Å². The van der Waals surface area contributed by atoms with E-state index in [2.05, 4.69) is 164 Å². The Bertz CT molecular complexity index is 3480. The normalized spacial score (nSPS) is 13.2. The van der Waals surface area contributed by atoms with Crippen LogP contribution in [-0.4, -0.2) is 0 Å². The molecule has 0 N–H and O–H groups in total. The topological polar surface area (TPSA) is 0 Å². The molecule has 0 heteroatoms. The second kappa shape index (κ2) is 9.72. The molecular formula is C51H28. The van der Waals surface area contributed by atoms with E-state index in [9.17, 15) is 0 Å². The summed E-state index contributed by atoms with van der Waals surface area (Å²) in [6.07, 6.45) is 6.27. The van der Waals surface area contributed by atoms with Gasteiger partial charge in [0, 0.05) is 11.1 Å². The molecule has 0 bridgehead atoms. The van der Waals surface area contributed by atoms with Gasteiger partial charge in [0.1, 0.15) is 0 Å². The molecule has 0 amide bonds. The van der Waals surface area contributed by atoms with Crippen molar-refractivity contribution >= 4 is 103 Å². The average molecular weight is 641 g/mol. The number of hydrogen-bond acceptors (Lipinski definition) is 0. The van der Waals surface area contributed by atoms with Gasteiger partial charge in [-0.15, -0.1) is 0 Å². The van der Waals surface area contributed by atoms with E-state index >= 15 is 0 Å².